The van der Waals surface area contributed by atoms with Crippen molar-refractivity contribution in [3.8, 4) is 0 Å². The number of fused-ring (bicyclic) bond motifs is 4. The van der Waals surface area contributed by atoms with Crippen LogP contribution >= 0.6 is 11.8 Å². The molecule has 0 amide bonds. The highest BCUT2D eigenvalue weighted by Crippen LogP contribution is 2.49. The summed E-state index contributed by atoms with van der Waals surface area (Å²) in [5.41, 5.74) is 5.20. The molecule has 1 aliphatic heterocycles. The Kier molecular flexibility index (Phi) is 6.51. The first-order chi connectivity index (χ1) is 15.9. The van der Waals surface area contributed by atoms with Crippen LogP contribution in [0.1, 0.15) is 25.0 Å². The number of pyridine rings is 1. The first-order valence-corrected chi connectivity index (χ1v) is 11.7. The van der Waals surface area contributed by atoms with Gasteiger partial charge in [-0.2, -0.15) is 4.57 Å². The molecule has 0 atom stereocenters. The minimum Gasteiger partial charge on any atom is -0.356 e. The number of anilines is 1. The Balaban J connectivity index is 0.000000601. The molecule has 0 N–H and O–H groups in total. The van der Waals surface area contributed by atoms with Gasteiger partial charge in [-0.3, -0.25) is 0 Å². The second-order valence-electron chi connectivity index (χ2n) is 7.77. The van der Waals surface area contributed by atoms with E-state index in [1.165, 1.54) is 48.4 Å². The van der Waals surface area contributed by atoms with Crippen LogP contribution in [0, 0.1) is 22.2 Å². The SMILES string of the molecule is CCN1C(=Cc2cc[n+](CC)c3ccc(C)cc23)Sc2c1ccc1ccccc21.O=[N+]([O-])[O-]. The standard InChI is InChI=1S/C26H25N2S.NO3/c1-4-27-15-14-20(22-16-18(3)10-12-23(22)27)17-25-28(5-2)24-13-11-19-8-6-7-9-21(19)26(24)29-25;2-1(3)4/h6-17H,4-5H2,1-3H3;/q+1;-1. The first-order valence-electron chi connectivity index (χ1n) is 10.9. The highest BCUT2D eigenvalue weighted by atomic mass is 32.2. The molecule has 0 bridgehead atoms. The average molecular weight is 460 g/mol. The Bertz CT molecular complexity index is 1380. The molecule has 5 rings (SSSR count). The van der Waals surface area contributed by atoms with E-state index < -0.39 is 5.09 Å². The average Bonchev–Trinajstić information content (AvgIpc) is 3.16. The Morgan fingerprint density at radius 1 is 1.03 bits per heavy atom. The Morgan fingerprint density at radius 3 is 2.52 bits per heavy atom. The third-order valence-corrected chi connectivity index (χ3v) is 6.95. The Hall–Kier alpha value is -3.58. The summed E-state index contributed by atoms with van der Waals surface area (Å²) < 4.78 is 2.32. The van der Waals surface area contributed by atoms with Gasteiger partial charge in [0.2, 0.25) is 5.52 Å². The number of benzene rings is 3. The number of aromatic nitrogens is 1. The largest absolute Gasteiger partial charge is 0.356 e. The summed E-state index contributed by atoms with van der Waals surface area (Å²) in [5, 5.41) is 20.0. The van der Waals surface area contributed by atoms with Crippen LogP contribution in [0.15, 0.2) is 76.8 Å². The molecule has 0 saturated carbocycles. The van der Waals surface area contributed by atoms with Crippen molar-refractivity contribution < 1.29 is 9.65 Å². The van der Waals surface area contributed by atoms with Gasteiger partial charge in [0.15, 0.2) is 6.20 Å². The third kappa shape index (κ3) is 4.50. The molecule has 0 unspecified atom stereocenters. The summed E-state index contributed by atoms with van der Waals surface area (Å²) in [6.07, 6.45) is 4.58. The molecule has 0 saturated heterocycles. The van der Waals surface area contributed by atoms with Crippen LogP contribution in [0.5, 0.6) is 0 Å². The number of thioether (sulfide) groups is 1. The molecule has 0 fully saturated rings. The normalized spacial score (nSPS) is 13.8. The van der Waals surface area contributed by atoms with Crippen molar-refractivity contribution in [2.24, 2.45) is 0 Å². The van der Waals surface area contributed by atoms with Crippen molar-refractivity contribution in [1.29, 1.82) is 0 Å². The fraction of sp³-hybridized carbons (Fsp3) is 0.192. The fourth-order valence-corrected chi connectivity index (χ4v) is 5.58. The molecule has 1 aliphatic rings. The maximum Gasteiger partial charge on any atom is 0.213 e. The van der Waals surface area contributed by atoms with Crippen molar-refractivity contribution in [3.05, 3.63) is 98.3 Å². The molecule has 0 spiro atoms. The first kappa shape index (κ1) is 22.6. The van der Waals surface area contributed by atoms with Gasteiger partial charge in [-0.05, 0) is 55.3 Å². The van der Waals surface area contributed by atoms with Crippen LogP contribution in [-0.4, -0.2) is 11.6 Å². The lowest BCUT2D eigenvalue weighted by Crippen LogP contribution is -2.32. The fourth-order valence-electron chi connectivity index (χ4n) is 4.27. The van der Waals surface area contributed by atoms with Gasteiger partial charge in [0.25, 0.3) is 0 Å². The summed E-state index contributed by atoms with van der Waals surface area (Å²) in [6.45, 7) is 8.54. The number of nitrogens with zero attached hydrogens (tertiary/aromatic N) is 3. The van der Waals surface area contributed by atoms with E-state index in [9.17, 15) is 0 Å². The minimum absolute atomic E-state index is 0.961. The molecule has 168 valence electrons. The molecular weight excluding hydrogens is 434 g/mol. The van der Waals surface area contributed by atoms with E-state index in [1.807, 2.05) is 11.8 Å². The predicted octanol–water partition coefficient (Wildman–Crippen LogP) is 6.30. The van der Waals surface area contributed by atoms with Gasteiger partial charge >= 0.3 is 0 Å². The molecular formula is C26H25N3O3S. The number of aryl methyl sites for hydroxylation is 2. The van der Waals surface area contributed by atoms with E-state index in [0.717, 1.165) is 13.1 Å². The van der Waals surface area contributed by atoms with Crippen LogP contribution in [0.25, 0.3) is 27.8 Å². The van der Waals surface area contributed by atoms with Crippen molar-refractivity contribution in [2.75, 3.05) is 11.4 Å². The Morgan fingerprint density at radius 2 is 1.79 bits per heavy atom. The lowest BCUT2D eigenvalue weighted by molar-refractivity contribution is -0.667. The van der Waals surface area contributed by atoms with E-state index in [1.54, 1.807) is 0 Å². The topological polar surface area (TPSA) is 73.3 Å². The molecule has 3 aromatic carbocycles. The second-order valence-corrected chi connectivity index (χ2v) is 8.80. The molecule has 4 aromatic rings. The molecule has 33 heavy (non-hydrogen) atoms. The summed E-state index contributed by atoms with van der Waals surface area (Å²) in [6, 6.07) is 22.2. The second kappa shape index (κ2) is 9.50. The Labute approximate surface area is 196 Å². The van der Waals surface area contributed by atoms with Crippen LogP contribution in [0.4, 0.5) is 5.69 Å². The maximum atomic E-state index is 8.25. The van der Waals surface area contributed by atoms with Gasteiger partial charge in [0.1, 0.15) is 6.54 Å². The van der Waals surface area contributed by atoms with Gasteiger partial charge in [-0.25, -0.2) is 0 Å². The van der Waals surface area contributed by atoms with Gasteiger partial charge in [-0.15, -0.1) is 0 Å². The highest BCUT2D eigenvalue weighted by molar-refractivity contribution is 8.04. The third-order valence-electron chi connectivity index (χ3n) is 5.76. The van der Waals surface area contributed by atoms with Crippen LogP contribution < -0.4 is 9.47 Å². The van der Waals surface area contributed by atoms with E-state index in [2.05, 4.69) is 103 Å². The van der Waals surface area contributed by atoms with E-state index in [0.29, 0.717) is 0 Å². The van der Waals surface area contributed by atoms with Crippen LogP contribution in [0.3, 0.4) is 0 Å². The molecule has 1 aromatic heterocycles. The summed E-state index contributed by atoms with van der Waals surface area (Å²) in [7, 11) is 0. The van der Waals surface area contributed by atoms with Crippen molar-refractivity contribution in [2.45, 2.75) is 32.2 Å². The number of hydrogen-bond donors (Lipinski definition) is 0. The zero-order valence-electron chi connectivity index (χ0n) is 18.8. The smallest absolute Gasteiger partial charge is 0.213 e. The highest BCUT2D eigenvalue weighted by Gasteiger charge is 2.26. The minimum atomic E-state index is -1.75. The molecule has 7 heteroatoms. The summed E-state index contributed by atoms with van der Waals surface area (Å²) >= 11 is 1.90. The lowest BCUT2D eigenvalue weighted by Gasteiger charge is -2.18. The summed E-state index contributed by atoms with van der Waals surface area (Å²) in [4.78, 5) is 12.1. The van der Waals surface area contributed by atoms with Gasteiger partial charge in [0, 0.05) is 23.6 Å². The number of rotatable bonds is 3. The summed E-state index contributed by atoms with van der Waals surface area (Å²) in [5.74, 6) is 0. The monoisotopic (exact) mass is 459 g/mol. The van der Waals surface area contributed by atoms with E-state index >= 15 is 0 Å². The van der Waals surface area contributed by atoms with Gasteiger partial charge < -0.3 is 20.2 Å². The molecule has 0 radical (unpaired) electrons. The zero-order chi connectivity index (χ0) is 23.5. The molecule has 0 aliphatic carbocycles. The van der Waals surface area contributed by atoms with E-state index in [-0.39, 0.29) is 0 Å². The maximum absolute atomic E-state index is 8.25. The predicted molar refractivity (Wildman–Crippen MR) is 136 cm³/mol. The van der Waals surface area contributed by atoms with Crippen molar-refractivity contribution in [3.63, 3.8) is 0 Å². The van der Waals surface area contributed by atoms with Crippen molar-refractivity contribution >= 4 is 45.2 Å². The van der Waals surface area contributed by atoms with Crippen LogP contribution in [-0.2, 0) is 6.54 Å². The lowest BCUT2D eigenvalue weighted by atomic mass is 10.1. The number of hydrogen-bond acceptors (Lipinski definition) is 5. The molecule has 2 heterocycles. The van der Waals surface area contributed by atoms with E-state index in [4.69, 9.17) is 15.3 Å². The van der Waals surface area contributed by atoms with Crippen molar-refractivity contribution in [1.82, 2.24) is 0 Å². The van der Waals surface area contributed by atoms with Gasteiger partial charge in [0.05, 0.1) is 21.2 Å². The molecule has 6 nitrogen and oxygen atoms in total. The van der Waals surface area contributed by atoms with Crippen LogP contribution in [0.2, 0.25) is 0 Å². The zero-order valence-corrected chi connectivity index (χ0v) is 19.6. The van der Waals surface area contributed by atoms with Gasteiger partial charge in [-0.1, -0.05) is 53.7 Å². The quantitative estimate of drug-likeness (QED) is 0.204.